The molecule has 0 radical (unpaired) electrons. The number of amides is 1. The number of ether oxygens (including phenoxy) is 1. The molecule has 170 valence electrons. The van der Waals surface area contributed by atoms with Gasteiger partial charge in [-0.2, -0.15) is 0 Å². The molecule has 6 rings (SSSR count). The second-order valence-electron chi connectivity index (χ2n) is 9.58. The second kappa shape index (κ2) is 8.32. The number of anilines is 1. The van der Waals surface area contributed by atoms with E-state index in [1.54, 1.807) is 0 Å². The van der Waals surface area contributed by atoms with E-state index in [2.05, 4.69) is 30.0 Å². The smallest absolute Gasteiger partial charge is 0.226 e. The Balaban J connectivity index is 1.15. The average molecular weight is 443 g/mol. The molecule has 0 unspecified atom stereocenters. The van der Waals surface area contributed by atoms with E-state index in [-0.39, 0.29) is 11.8 Å². The normalized spacial score (nSPS) is 18.6. The van der Waals surface area contributed by atoms with E-state index in [4.69, 9.17) is 14.7 Å². The monoisotopic (exact) mass is 442 g/mol. The minimum absolute atomic E-state index is 0.0522. The number of hydrogen-bond acceptors (Lipinski definition) is 5. The largest absolute Gasteiger partial charge is 0.491 e. The van der Waals surface area contributed by atoms with Crippen LogP contribution in [0.4, 0.5) is 5.95 Å². The Hall–Kier alpha value is -3.15. The fraction of sp³-hybridized carbons (Fsp3) is 0.444. The van der Waals surface area contributed by atoms with Crippen LogP contribution in [-0.2, 0) is 24.2 Å². The van der Waals surface area contributed by atoms with Crippen LogP contribution in [0.15, 0.2) is 36.4 Å². The van der Waals surface area contributed by atoms with Crippen molar-refractivity contribution in [2.75, 3.05) is 31.1 Å². The van der Waals surface area contributed by atoms with Gasteiger partial charge in [0.2, 0.25) is 11.9 Å². The minimum Gasteiger partial charge on any atom is -0.491 e. The first-order valence-corrected chi connectivity index (χ1v) is 12.2. The molecule has 0 N–H and O–H groups in total. The zero-order valence-corrected chi connectivity index (χ0v) is 19.2. The number of fused-ring (bicyclic) bond motifs is 3. The van der Waals surface area contributed by atoms with E-state index in [0.717, 1.165) is 60.8 Å². The molecule has 2 aromatic carbocycles. The Morgan fingerprint density at radius 1 is 1.00 bits per heavy atom. The highest BCUT2D eigenvalue weighted by Crippen LogP contribution is 2.31. The summed E-state index contributed by atoms with van der Waals surface area (Å²) >= 11 is 0. The van der Waals surface area contributed by atoms with Gasteiger partial charge < -0.3 is 14.5 Å². The molecule has 1 aliphatic carbocycles. The molecule has 1 saturated heterocycles. The first-order chi connectivity index (χ1) is 16.2. The van der Waals surface area contributed by atoms with Crippen molar-refractivity contribution in [2.24, 2.45) is 5.92 Å². The van der Waals surface area contributed by atoms with Crippen LogP contribution in [-0.4, -0.2) is 47.0 Å². The van der Waals surface area contributed by atoms with Gasteiger partial charge in [0.15, 0.2) is 0 Å². The fourth-order valence-electron chi connectivity index (χ4n) is 5.58. The van der Waals surface area contributed by atoms with Crippen LogP contribution < -0.4 is 9.64 Å². The number of para-hydroxylation sites is 1. The van der Waals surface area contributed by atoms with Gasteiger partial charge in [-0.25, -0.2) is 9.97 Å². The molecule has 3 aliphatic rings. The summed E-state index contributed by atoms with van der Waals surface area (Å²) in [6, 6.07) is 12.6. The third-order valence-electron chi connectivity index (χ3n) is 7.48. The molecular weight excluding hydrogens is 412 g/mol. The predicted octanol–water partition coefficient (Wildman–Crippen LogP) is 4.06. The van der Waals surface area contributed by atoms with Crippen LogP contribution in [0.1, 0.15) is 41.6 Å². The summed E-state index contributed by atoms with van der Waals surface area (Å²) in [5, 5.41) is 1.17. The predicted molar refractivity (Wildman–Crippen MR) is 129 cm³/mol. The van der Waals surface area contributed by atoms with Crippen molar-refractivity contribution >= 4 is 22.8 Å². The van der Waals surface area contributed by atoms with E-state index >= 15 is 0 Å². The molecule has 33 heavy (non-hydrogen) atoms. The lowest BCUT2D eigenvalue weighted by Gasteiger charge is -2.34. The molecule has 1 amide bonds. The first kappa shape index (κ1) is 20.5. The van der Waals surface area contributed by atoms with Crippen LogP contribution in [0.3, 0.4) is 0 Å². The zero-order valence-electron chi connectivity index (χ0n) is 19.2. The highest BCUT2D eigenvalue weighted by Gasteiger charge is 2.31. The molecule has 0 spiro atoms. The maximum atomic E-state index is 13.3. The maximum Gasteiger partial charge on any atom is 0.226 e. The first-order valence-electron chi connectivity index (χ1n) is 12.2. The molecule has 6 heteroatoms. The minimum atomic E-state index is 0.0522. The number of aryl methyl sites for hydroxylation is 3. The molecule has 2 aliphatic heterocycles. The van der Waals surface area contributed by atoms with Gasteiger partial charge in [-0.3, -0.25) is 4.79 Å². The SMILES string of the molecule is Cc1nc(N2CCC(C(=O)N3CCOc4ccccc4C3)CC2)nc2cc3c(cc12)CCC3. The van der Waals surface area contributed by atoms with Crippen molar-refractivity contribution in [1.82, 2.24) is 14.9 Å². The van der Waals surface area contributed by atoms with Gasteiger partial charge in [-0.1, -0.05) is 18.2 Å². The Bertz CT molecular complexity index is 1220. The van der Waals surface area contributed by atoms with Crippen molar-refractivity contribution in [3.05, 3.63) is 58.8 Å². The van der Waals surface area contributed by atoms with E-state index in [0.29, 0.717) is 19.7 Å². The Morgan fingerprint density at radius 3 is 2.64 bits per heavy atom. The third kappa shape index (κ3) is 3.81. The van der Waals surface area contributed by atoms with Gasteiger partial charge >= 0.3 is 0 Å². The lowest BCUT2D eigenvalue weighted by Crippen LogP contribution is -2.43. The topological polar surface area (TPSA) is 58.6 Å². The quantitative estimate of drug-likeness (QED) is 0.599. The number of nitrogens with zero attached hydrogens (tertiary/aromatic N) is 4. The standard InChI is InChI=1S/C27H30N4O2/c1-18-23-15-20-6-4-7-21(20)16-24(23)29-27(28-18)30-11-9-19(10-12-30)26(32)31-13-14-33-25-8-3-2-5-22(25)17-31/h2-3,5,8,15-16,19H,4,6-7,9-14,17H2,1H3. The van der Waals surface area contributed by atoms with Crippen LogP contribution in [0.25, 0.3) is 10.9 Å². The summed E-state index contributed by atoms with van der Waals surface area (Å²) < 4.78 is 5.85. The number of aromatic nitrogens is 2. The number of rotatable bonds is 2. The summed E-state index contributed by atoms with van der Waals surface area (Å²) in [5.74, 6) is 2.01. The van der Waals surface area contributed by atoms with Gasteiger partial charge in [-0.15, -0.1) is 0 Å². The molecule has 1 aromatic heterocycles. The van der Waals surface area contributed by atoms with Crippen LogP contribution in [0.5, 0.6) is 5.75 Å². The van der Waals surface area contributed by atoms with Crippen LogP contribution >= 0.6 is 0 Å². The Morgan fingerprint density at radius 2 is 1.79 bits per heavy atom. The molecule has 0 bridgehead atoms. The highest BCUT2D eigenvalue weighted by molar-refractivity contribution is 5.84. The summed E-state index contributed by atoms with van der Waals surface area (Å²) in [6.45, 7) is 5.54. The lowest BCUT2D eigenvalue weighted by atomic mass is 9.95. The summed E-state index contributed by atoms with van der Waals surface area (Å²) in [6.07, 6.45) is 5.23. The molecule has 0 atom stereocenters. The zero-order chi connectivity index (χ0) is 22.4. The molecule has 6 nitrogen and oxygen atoms in total. The number of benzene rings is 2. The van der Waals surface area contributed by atoms with E-state index < -0.39 is 0 Å². The van der Waals surface area contributed by atoms with Crippen molar-refractivity contribution in [3.8, 4) is 5.75 Å². The van der Waals surface area contributed by atoms with Gasteiger partial charge in [-0.05, 0) is 68.4 Å². The number of carbonyl (C=O) groups excluding carboxylic acids is 1. The average Bonchev–Trinajstić information content (AvgIpc) is 3.19. The Kier molecular flexibility index (Phi) is 5.16. The molecule has 0 saturated carbocycles. The summed E-state index contributed by atoms with van der Waals surface area (Å²) in [7, 11) is 0. The van der Waals surface area contributed by atoms with Crippen molar-refractivity contribution in [1.29, 1.82) is 0 Å². The third-order valence-corrected chi connectivity index (χ3v) is 7.48. The highest BCUT2D eigenvalue weighted by atomic mass is 16.5. The molecular formula is C27H30N4O2. The maximum absolute atomic E-state index is 13.3. The second-order valence-corrected chi connectivity index (χ2v) is 9.58. The van der Waals surface area contributed by atoms with E-state index in [9.17, 15) is 4.79 Å². The lowest BCUT2D eigenvalue weighted by molar-refractivity contribution is -0.137. The molecule has 3 aromatic rings. The van der Waals surface area contributed by atoms with E-state index in [1.807, 2.05) is 23.1 Å². The van der Waals surface area contributed by atoms with Crippen LogP contribution in [0, 0.1) is 12.8 Å². The molecule has 1 fully saturated rings. The van der Waals surface area contributed by atoms with Crippen molar-refractivity contribution < 1.29 is 9.53 Å². The van der Waals surface area contributed by atoms with Crippen molar-refractivity contribution in [2.45, 2.75) is 45.6 Å². The number of piperidine rings is 1. The molecule has 3 heterocycles. The van der Waals surface area contributed by atoms with Gasteiger partial charge in [0.1, 0.15) is 12.4 Å². The van der Waals surface area contributed by atoms with E-state index in [1.165, 1.54) is 29.4 Å². The van der Waals surface area contributed by atoms with Gasteiger partial charge in [0, 0.05) is 36.5 Å². The van der Waals surface area contributed by atoms with Gasteiger partial charge in [0.05, 0.1) is 17.8 Å². The Labute approximate surface area is 194 Å². The number of hydrogen-bond donors (Lipinski definition) is 0. The summed E-state index contributed by atoms with van der Waals surface area (Å²) in [4.78, 5) is 27.3. The summed E-state index contributed by atoms with van der Waals surface area (Å²) in [5.41, 5.74) is 6.10. The van der Waals surface area contributed by atoms with Crippen LogP contribution in [0.2, 0.25) is 0 Å². The van der Waals surface area contributed by atoms with Gasteiger partial charge in [0.25, 0.3) is 0 Å². The fourth-order valence-corrected chi connectivity index (χ4v) is 5.58. The van der Waals surface area contributed by atoms with Crippen molar-refractivity contribution in [3.63, 3.8) is 0 Å². The number of carbonyl (C=O) groups is 1.